The molecule has 0 bridgehead atoms. The Balaban J connectivity index is 1.90. The van der Waals surface area contributed by atoms with Gasteiger partial charge >= 0.3 is 0 Å². The molecular formula is C17H22N4O4S. The monoisotopic (exact) mass is 378 g/mol. The largest absolute Gasteiger partial charge is 0.379 e. The zero-order valence-corrected chi connectivity index (χ0v) is 15.3. The Kier molecular flexibility index (Phi) is 6.67. The van der Waals surface area contributed by atoms with Gasteiger partial charge in [0.1, 0.15) is 5.69 Å². The second-order valence-electron chi connectivity index (χ2n) is 5.98. The Hall–Kier alpha value is -2.49. The normalized spacial score (nSPS) is 11.5. The molecule has 9 heteroatoms. The molecule has 26 heavy (non-hydrogen) atoms. The number of benzene rings is 2. The lowest BCUT2D eigenvalue weighted by molar-refractivity contribution is -0.384. The van der Waals surface area contributed by atoms with Crippen molar-refractivity contribution in [1.29, 1.82) is 0 Å². The minimum atomic E-state index is -3.98. The third kappa shape index (κ3) is 5.80. The molecular weight excluding hydrogens is 356 g/mol. The predicted molar refractivity (Wildman–Crippen MR) is 100 cm³/mol. The standard InChI is InChI=1S/C17H22N4O4S/c1-20(13-14-6-3-2-4-7-14)11-5-10-19-16-9-8-15(26(18,24)25)12-17(16)21(22)23/h2-4,6-9,12,19H,5,10-11,13H2,1H3,(H2,18,24,25). The highest BCUT2D eigenvalue weighted by molar-refractivity contribution is 7.89. The molecule has 0 unspecified atom stereocenters. The van der Waals surface area contributed by atoms with Crippen molar-refractivity contribution in [2.24, 2.45) is 5.14 Å². The van der Waals surface area contributed by atoms with E-state index < -0.39 is 14.9 Å². The lowest BCUT2D eigenvalue weighted by Crippen LogP contribution is -2.21. The van der Waals surface area contributed by atoms with Gasteiger partial charge in [-0.15, -0.1) is 0 Å². The number of primary sulfonamides is 1. The van der Waals surface area contributed by atoms with Gasteiger partial charge in [0.05, 0.1) is 9.82 Å². The maximum absolute atomic E-state index is 11.3. The third-order valence-corrected chi connectivity index (χ3v) is 4.73. The summed E-state index contributed by atoms with van der Waals surface area (Å²) in [7, 11) is -1.97. The topological polar surface area (TPSA) is 119 Å². The van der Waals surface area contributed by atoms with E-state index >= 15 is 0 Å². The van der Waals surface area contributed by atoms with Crippen molar-refractivity contribution in [2.45, 2.75) is 17.9 Å². The van der Waals surface area contributed by atoms with Crippen molar-refractivity contribution in [3.05, 3.63) is 64.2 Å². The fraction of sp³-hybridized carbons (Fsp3) is 0.294. The number of nitrogens with zero attached hydrogens (tertiary/aromatic N) is 2. The highest BCUT2D eigenvalue weighted by Gasteiger charge is 2.18. The van der Waals surface area contributed by atoms with Crippen LogP contribution >= 0.6 is 0 Å². The molecule has 140 valence electrons. The number of hydrogen-bond donors (Lipinski definition) is 2. The maximum Gasteiger partial charge on any atom is 0.293 e. The van der Waals surface area contributed by atoms with Gasteiger partial charge in [-0.3, -0.25) is 10.1 Å². The molecule has 0 aliphatic heterocycles. The molecule has 2 aromatic rings. The molecule has 0 saturated carbocycles. The van der Waals surface area contributed by atoms with Gasteiger partial charge in [-0.2, -0.15) is 0 Å². The predicted octanol–water partition coefficient (Wildman–Crippen LogP) is 2.18. The van der Waals surface area contributed by atoms with Crippen molar-refractivity contribution >= 4 is 21.4 Å². The van der Waals surface area contributed by atoms with Crippen LogP contribution in [0.5, 0.6) is 0 Å². The van der Waals surface area contributed by atoms with Crippen LogP contribution in [0, 0.1) is 10.1 Å². The number of anilines is 1. The van der Waals surface area contributed by atoms with Crippen molar-refractivity contribution in [3.8, 4) is 0 Å². The van der Waals surface area contributed by atoms with Gasteiger partial charge in [0.2, 0.25) is 10.0 Å². The number of sulfonamides is 1. The Morgan fingerprint density at radius 2 is 1.88 bits per heavy atom. The molecule has 0 atom stereocenters. The van der Waals surface area contributed by atoms with Crippen molar-refractivity contribution in [3.63, 3.8) is 0 Å². The molecule has 0 aliphatic carbocycles. The lowest BCUT2D eigenvalue weighted by Gasteiger charge is -2.17. The summed E-state index contributed by atoms with van der Waals surface area (Å²) in [6.07, 6.45) is 0.775. The van der Waals surface area contributed by atoms with Gasteiger partial charge in [-0.1, -0.05) is 30.3 Å². The van der Waals surface area contributed by atoms with Gasteiger partial charge in [0, 0.05) is 19.2 Å². The van der Waals surface area contributed by atoms with Crippen LogP contribution in [-0.2, 0) is 16.6 Å². The van der Waals surface area contributed by atoms with Gasteiger partial charge in [0.25, 0.3) is 5.69 Å². The summed E-state index contributed by atoms with van der Waals surface area (Å²) in [6.45, 7) is 2.16. The lowest BCUT2D eigenvalue weighted by atomic mass is 10.2. The van der Waals surface area contributed by atoms with Crippen LogP contribution in [0.1, 0.15) is 12.0 Å². The van der Waals surface area contributed by atoms with Gasteiger partial charge in [0.15, 0.2) is 0 Å². The molecule has 8 nitrogen and oxygen atoms in total. The minimum absolute atomic E-state index is 0.271. The highest BCUT2D eigenvalue weighted by Crippen LogP contribution is 2.27. The van der Waals surface area contributed by atoms with Crippen molar-refractivity contribution in [2.75, 3.05) is 25.5 Å². The van der Waals surface area contributed by atoms with Crippen LogP contribution in [0.4, 0.5) is 11.4 Å². The minimum Gasteiger partial charge on any atom is -0.379 e. The van der Waals surface area contributed by atoms with E-state index in [2.05, 4.69) is 22.3 Å². The van der Waals surface area contributed by atoms with Crippen molar-refractivity contribution in [1.82, 2.24) is 4.90 Å². The first-order valence-corrected chi connectivity index (χ1v) is 9.59. The van der Waals surface area contributed by atoms with E-state index in [1.165, 1.54) is 17.7 Å². The zero-order chi connectivity index (χ0) is 19.2. The second kappa shape index (κ2) is 8.75. The van der Waals surface area contributed by atoms with Crippen molar-refractivity contribution < 1.29 is 13.3 Å². The van der Waals surface area contributed by atoms with E-state index in [0.29, 0.717) is 6.54 Å². The first kappa shape index (κ1) is 19.8. The van der Waals surface area contributed by atoms with E-state index in [-0.39, 0.29) is 16.3 Å². The SMILES string of the molecule is CN(CCCNc1ccc(S(N)(=O)=O)cc1[N+](=O)[O-])Cc1ccccc1. The average Bonchev–Trinajstić information content (AvgIpc) is 2.58. The number of nitrogens with two attached hydrogens (primary N) is 1. The molecule has 0 heterocycles. The first-order valence-electron chi connectivity index (χ1n) is 8.05. The Morgan fingerprint density at radius 1 is 1.19 bits per heavy atom. The fourth-order valence-corrected chi connectivity index (χ4v) is 3.07. The van der Waals surface area contributed by atoms with Gasteiger partial charge < -0.3 is 10.2 Å². The molecule has 0 aromatic heterocycles. The molecule has 0 aliphatic rings. The maximum atomic E-state index is 11.3. The molecule has 0 spiro atoms. The molecule has 0 amide bonds. The van der Waals surface area contributed by atoms with E-state index in [1.54, 1.807) is 0 Å². The van der Waals surface area contributed by atoms with Crippen LogP contribution in [0.3, 0.4) is 0 Å². The van der Waals surface area contributed by atoms with Crippen LogP contribution < -0.4 is 10.5 Å². The first-order chi connectivity index (χ1) is 12.3. The smallest absolute Gasteiger partial charge is 0.293 e. The molecule has 3 N–H and O–H groups in total. The summed E-state index contributed by atoms with van der Waals surface area (Å²) >= 11 is 0. The summed E-state index contributed by atoms with van der Waals surface area (Å²) in [4.78, 5) is 12.4. The van der Waals surface area contributed by atoms with Crippen LogP contribution in [-0.4, -0.2) is 38.4 Å². The number of nitro benzene ring substituents is 1. The summed E-state index contributed by atoms with van der Waals surface area (Å²) < 4.78 is 22.7. The van der Waals surface area contributed by atoms with Gasteiger partial charge in [-0.25, -0.2) is 13.6 Å². The Morgan fingerprint density at radius 3 is 2.50 bits per heavy atom. The molecule has 0 saturated heterocycles. The van der Waals surface area contributed by atoms with E-state index in [4.69, 9.17) is 5.14 Å². The van der Waals surface area contributed by atoms with E-state index in [0.717, 1.165) is 25.6 Å². The third-order valence-electron chi connectivity index (χ3n) is 3.82. The Bertz CT molecular complexity index is 856. The summed E-state index contributed by atoms with van der Waals surface area (Å²) in [5.41, 5.74) is 1.18. The summed E-state index contributed by atoms with van der Waals surface area (Å²) in [6, 6.07) is 13.7. The highest BCUT2D eigenvalue weighted by atomic mass is 32.2. The average molecular weight is 378 g/mol. The number of nitro groups is 1. The number of hydrogen-bond acceptors (Lipinski definition) is 6. The molecule has 2 aromatic carbocycles. The Labute approximate surface area is 152 Å². The van der Waals surface area contributed by atoms with Crippen LogP contribution in [0.25, 0.3) is 0 Å². The quantitative estimate of drug-likeness (QED) is 0.392. The second-order valence-corrected chi connectivity index (χ2v) is 7.55. The summed E-state index contributed by atoms with van der Waals surface area (Å²) in [5, 5.41) is 19.2. The summed E-state index contributed by atoms with van der Waals surface area (Å²) in [5.74, 6) is 0. The number of rotatable bonds is 9. The zero-order valence-electron chi connectivity index (χ0n) is 14.5. The fourth-order valence-electron chi connectivity index (χ4n) is 2.54. The van der Waals surface area contributed by atoms with E-state index in [9.17, 15) is 18.5 Å². The molecule has 2 rings (SSSR count). The molecule has 0 fully saturated rings. The number of nitrogens with one attached hydrogen (secondary N) is 1. The van der Waals surface area contributed by atoms with Gasteiger partial charge in [-0.05, 0) is 37.7 Å². The van der Waals surface area contributed by atoms with Crippen LogP contribution in [0.15, 0.2) is 53.4 Å². The van der Waals surface area contributed by atoms with E-state index in [1.807, 2.05) is 25.2 Å². The molecule has 0 radical (unpaired) electrons. The van der Waals surface area contributed by atoms with Crippen LogP contribution in [0.2, 0.25) is 0 Å².